The van der Waals surface area contributed by atoms with E-state index in [9.17, 15) is 18.0 Å². The summed E-state index contributed by atoms with van der Waals surface area (Å²) in [4.78, 5) is 19.0. The molecule has 1 fully saturated rings. The van der Waals surface area contributed by atoms with Gasteiger partial charge >= 0.3 is 6.09 Å². The van der Waals surface area contributed by atoms with E-state index >= 15 is 0 Å². The Morgan fingerprint density at radius 3 is 2.38 bits per heavy atom. The second kappa shape index (κ2) is 10.1. The van der Waals surface area contributed by atoms with Crippen LogP contribution in [-0.4, -0.2) is 27.1 Å². The Labute approximate surface area is 213 Å². The molecule has 1 saturated heterocycles. The van der Waals surface area contributed by atoms with Crippen molar-refractivity contribution < 1.29 is 22.7 Å². The number of halogens is 3. The molecular formula is C29H26F3N3O2. The molecule has 5 rings (SSSR count). The molecule has 0 aliphatic carbocycles. The van der Waals surface area contributed by atoms with Crippen LogP contribution in [0, 0.1) is 17.5 Å². The monoisotopic (exact) mass is 505 g/mol. The minimum absolute atomic E-state index is 0.292. The largest absolute Gasteiger partial charge is 0.438 e. The number of hydrogen-bond donors (Lipinski definition) is 0. The van der Waals surface area contributed by atoms with Crippen LogP contribution in [0.25, 0.3) is 11.1 Å². The molecule has 1 aliphatic heterocycles. The standard InChI is InChI=1S/C29H26F3N3O2/c1-20(21-2-4-22(5-3-21)26-11-10-25(31)18-27(26)32)35-16-13-29(37-28(35)36,12-15-34-17-14-33-19-34)23-6-8-24(30)9-7-23/h2-11,14,17-20H,12-13,15-16H2,1H3/t20-,29-/m0/s1. The summed E-state index contributed by atoms with van der Waals surface area (Å²) in [7, 11) is 0. The first-order valence-corrected chi connectivity index (χ1v) is 12.1. The number of imidazole rings is 1. The van der Waals surface area contributed by atoms with Gasteiger partial charge in [-0.25, -0.2) is 22.9 Å². The lowest BCUT2D eigenvalue weighted by Crippen LogP contribution is -2.49. The number of aryl methyl sites for hydroxylation is 1. The molecule has 0 unspecified atom stereocenters. The Morgan fingerprint density at radius 1 is 1.00 bits per heavy atom. The van der Waals surface area contributed by atoms with E-state index in [0.29, 0.717) is 37.1 Å². The number of benzene rings is 3. The molecule has 2 heterocycles. The number of nitrogens with zero attached hydrogens (tertiary/aromatic N) is 3. The van der Waals surface area contributed by atoms with Crippen molar-refractivity contribution in [1.29, 1.82) is 0 Å². The van der Waals surface area contributed by atoms with E-state index in [1.807, 2.05) is 29.8 Å². The maximum absolute atomic E-state index is 14.2. The zero-order valence-electron chi connectivity index (χ0n) is 20.3. The molecule has 37 heavy (non-hydrogen) atoms. The van der Waals surface area contributed by atoms with Crippen LogP contribution in [0.4, 0.5) is 18.0 Å². The van der Waals surface area contributed by atoms with E-state index in [2.05, 4.69) is 4.98 Å². The van der Waals surface area contributed by atoms with Gasteiger partial charge in [-0.05, 0) is 47.9 Å². The number of ether oxygens (including phenoxy) is 1. The summed E-state index contributed by atoms with van der Waals surface area (Å²) in [6, 6.07) is 16.5. The first kappa shape index (κ1) is 24.6. The van der Waals surface area contributed by atoms with E-state index in [4.69, 9.17) is 4.74 Å². The van der Waals surface area contributed by atoms with Crippen LogP contribution in [0.5, 0.6) is 0 Å². The van der Waals surface area contributed by atoms with Crippen LogP contribution in [-0.2, 0) is 16.9 Å². The predicted octanol–water partition coefficient (Wildman–Crippen LogP) is 6.86. The summed E-state index contributed by atoms with van der Waals surface area (Å²) < 4.78 is 49.1. The van der Waals surface area contributed by atoms with Crippen LogP contribution in [0.3, 0.4) is 0 Å². The Hall–Kier alpha value is -4.07. The molecule has 190 valence electrons. The molecule has 0 saturated carbocycles. The second-order valence-corrected chi connectivity index (χ2v) is 9.29. The first-order valence-electron chi connectivity index (χ1n) is 12.1. The minimum Gasteiger partial charge on any atom is -0.438 e. The average molecular weight is 506 g/mol. The van der Waals surface area contributed by atoms with Gasteiger partial charge in [0.15, 0.2) is 0 Å². The maximum Gasteiger partial charge on any atom is 0.411 e. The number of cyclic esters (lactones) is 1. The Morgan fingerprint density at radius 2 is 1.73 bits per heavy atom. The van der Waals surface area contributed by atoms with Crippen molar-refractivity contribution in [3.63, 3.8) is 0 Å². The van der Waals surface area contributed by atoms with E-state index in [0.717, 1.165) is 17.2 Å². The third-order valence-corrected chi connectivity index (χ3v) is 7.08. The van der Waals surface area contributed by atoms with Crippen molar-refractivity contribution >= 4 is 6.09 Å². The van der Waals surface area contributed by atoms with Gasteiger partial charge in [-0.3, -0.25) is 0 Å². The number of amides is 1. The molecule has 8 heteroatoms. The smallest absolute Gasteiger partial charge is 0.411 e. The summed E-state index contributed by atoms with van der Waals surface area (Å²) in [5, 5.41) is 0. The van der Waals surface area contributed by atoms with Gasteiger partial charge in [0.1, 0.15) is 23.1 Å². The number of carbonyl (C=O) groups excluding carboxylic acids is 1. The lowest BCUT2D eigenvalue weighted by atomic mass is 9.85. The van der Waals surface area contributed by atoms with Crippen LogP contribution in [0.1, 0.15) is 36.9 Å². The van der Waals surface area contributed by atoms with Gasteiger partial charge in [0, 0.05) is 50.0 Å². The summed E-state index contributed by atoms with van der Waals surface area (Å²) >= 11 is 0. The Balaban J connectivity index is 1.34. The SMILES string of the molecule is C[C@@H](c1ccc(-c2ccc(F)cc2F)cc1)N1CC[C@@](CCn2ccnc2)(c2ccc(F)cc2)OC1=O. The fourth-order valence-corrected chi connectivity index (χ4v) is 4.87. The van der Waals surface area contributed by atoms with Gasteiger partial charge in [-0.1, -0.05) is 36.4 Å². The fraction of sp³-hybridized carbons (Fsp3) is 0.241. The number of rotatable bonds is 7. The summed E-state index contributed by atoms with van der Waals surface area (Å²) in [6.07, 6.45) is 5.83. The molecule has 1 amide bonds. The Bertz CT molecular complexity index is 1370. The van der Waals surface area contributed by atoms with Crippen molar-refractivity contribution in [1.82, 2.24) is 14.5 Å². The van der Waals surface area contributed by atoms with Gasteiger partial charge < -0.3 is 14.2 Å². The lowest BCUT2D eigenvalue weighted by molar-refractivity contribution is -0.0675. The normalized spacial score (nSPS) is 18.5. The molecule has 2 atom stereocenters. The van der Waals surface area contributed by atoms with Gasteiger partial charge in [-0.15, -0.1) is 0 Å². The van der Waals surface area contributed by atoms with Crippen LogP contribution in [0.2, 0.25) is 0 Å². The van der Waals surface area contributed by atoms with Gasteiger partial charge in [0.2, 0.25) is 0 Å². The zero-order chi connectivity index (χ0) is 26.0. The van der Waals surface area contributed by atoms with E-state index < -0.39 is 23.3 Å². The average Bonchev–Trinajstić information content (AvgIpc) is 3.42. The van der Waals surface area contributed by atoms with Crippen molar-refractivity contribution in [2.75, 3.05) is 6.54 Å². The molecule has 4 aromatic rings. The van der Waals surface area contributed by atoms with Crippen LogP contribution in [0.15, 0.2) is 85.5 Å². The van der Waals surface area contributed by atoms with Crippen molar-refractivity contribution in [3.8, 4) is 11.1 Å². The third kappa shape index (κ3) is 5.09. The summed E-state index contributed by atoms with van der Waals surface area (Å²) in [5.74, 6) is -1.61. The molecule has 0 N–H and O–H groups in total. The number of aromatic nitrogens is 2. The van der Waals surface area contributed by atoms with Gasteiger partial charge in [0.25, 0.3) is 0 Å². The highest BCUT2D eigenvalue weighted by atomic mass is 19.1. The topological polar surface area (TPSA) is 47.4 Å². The molecular weight excluding hydrogens is 479 g/mol. The first-order chi connectivity index (χ1) is 17.8. The van der Waals surface area contributed by atoms with Crippen molar-refractivity contribution in [2.24, 2.45) is 0 Å². The van der Waals surface area contributed by atoms with E-state index in [1.54, 1.807) is 41.7 Å². The summed E-state index contributed by atoms with van der Waals surface area (Å²) in [6.45, 7) is 2.93. The maximum atomic E-state index is 14.2. The molecule has 3 aromatic carbocycles. The van der Waals surface area contributed by atoms with Crippen LogP contribution < -0.4 is 0 Å². The van der Waals surface area contributed by atoms with Gasteiger partial charge in [0.05, 0.1) is 12.4 Å². The molecule has 0 spiro atoms. The molecule has 1 aromatic heterocycles. The molecule has 1 aliphatic rings. The van der Waals surface area contributed by atoms with Crippen molar-refractivity contribution in [2.45, 2.75) is 38.0 Å². The van der Waals surface area contributed by atoms with Crippen molar-refractivity contribution in [3.05, 3.63) is 114 Å². The fourth-order valence-electron chi connectivity index (χ4n) is 4.87. The predicted molar refractivity (Wildman–Crippen MR) is 133 cm³/mol. The quantitative estimate of drug-likeness (QED) is 0.276. The lowest BCUT2D eigenvalue weighted by Gasteiger charge is -2.43. The summed E-state index contributed by atoms with van der Waals surface area (Å²) in [5.41, 5.74) is 1.63. The van der Waals surface area contributed by atoms with E-state index in [-0.39, 0.29) is 11.9 Å². The van der Waals surface area contributed by atoms with Crippen LogP contribution >= 0.6 is 0 Å². The highest BCUT2D eigenvalue weighted by molar-refractivity contribution is 5.70. The molecule has 0 bridgehead atoms. The van der Waals surface area contributed by atoms with E-state index in [1.165, 1.54) is 24.3 Å². The molecule has 5 nitrogen and oxygen atoms in total. The number of carbonyl (C=O) groups is 1. The Kier molecular flexibility index (Phi) is 6.74. The zero-order valence-corrected chi connectivity index (χ0v) is 20.3. The number of hydrogen-bond acceptors (Lipinski definition) is 3. The highest BCUT2D eigenvalue weighted by Crippen LogP contribution is 2.40. The second-order valence-electron chi connectivity index (χ2n) is 9.29. The third-order valence-electron chi connectivity index (χ3n) is 7.08. The highest BCUT2D eigenvalue weighted by Gasteiger charge is 2.43. The van der Waals surface area contributed by atoms with Gasteiger partial charge in [-0.2, -0.15) is 0 Å². The minimum atomic E-state index is -0.894. The molecule has 0 radical (unpaired) electrons.